The Kier molecular flexibility index (Phi) is 3.52. The van der Waals surface area contributed by atoms with Crippen LogP contribution in [0.4, 0.5) is 0 Å². The van der Waals surface area contributed by atoms with Gasteiger partial charge in [0.1, 0.15) is 0 Å². The molecule has 4 nitrogen and oxygen atoms in total. The van der Waals surface area contributed by atoms with Gasteiger partial charge in [0.25, 0.3) is 0 Å². The Bertz CT molecular complexity index is 871. The van der Waals surface area contributed by atoms with Crippen molar-refractivity contribution >= 4 is 11.6 Å². The summed E-state index contributed by atoms with van der Waals surface area (Å²) in [5.41, 5.74) is 2.56. The van der Waals surface area contributed by atoms with Gasteiger partial charge >= 0.3 is 0 Å². The second kappa shape index (κ2) is 5.39. The molecule has 0 saturated carbocycles. The summed E-state index contributed by atoms with van der Waals surface area (Å²) < 4.78 is 0. The number of phenolic OH excluding ortho intramolecular Hbond substituents is 2. The number of fused-ring (bicyclic) bond motifs is 2. The second-order valence-corrected chi connectivity index (χ2v) is 5.84. The van der Waals surface area contributed by atoms with E-state index in [9.17, 15) is 19.8 Å². The number of ketones is 2. The van der Waals surface area contributed by atoms with Crippen LogP contribution in [0.3, 0.4) is 0 Å². The Morgan fingerprint density at radius 3 is 2.30 bits per heavy atom. The summed E-state index contributed by atoms with van der Waals surface area (Å²) in [6, 6.07) is 7.74. The molecule has 1 aliphatic carbocycles. The largest absolute Gasteiger partial charge is 0.504 e. The van der Waals surface area contributed by atoms with Crippen molar-refractivity contribution in [2.24, 2.45) is 0 Å². The number of hydrogen-bond acceptors (Lipinski definition) is 4. The number of benzene rings is 2. The number of carbonyl (C=O) groups excluding carboxylic acids is 2. The van der Waals surface area contributed by atoms with E-state index in [2.05, 4.69) is 0 Å². The van der Waals surface area contributed by atoms with Gasteiger partial charge in [-0.1, -0.05) is 29.8 Å². The summed E-state index contributed by atoms with van der Waals surface area (Å²) in [5.74, 6) is -1.69. The molecule has 0 aliphatic heterocycles. The van der Waals surface area contributed by atoms with Crippen LogP contribution in [0.15, 0.2) is 42.0 Å². The molecule has 0 aromatic heterocycles. The Balaban J connectivity index is 2.23. The molecule has 4 heteroatoms. The van der Waals surface area contributed by atoms with Crippen LogP contribution in [0.5, 0.6) is 11.5 Å². The highest BCUT2D eigenvalue weighted by atomic mass is 16.3. The second-order valence-electron chi connectivity index (χ2n) is 5.84. The van der Waals surface area contributed by atoms with Gasteiger partial charge in [-0.15, -0.1) is 0 Å². The molecule has 2 N–H and O–H groups in total. The van der Waals surface area contributed by atoms with Crippen molar-refractivity contribution in [3.8, 4) is 11.5 Å². The zero-order valence-corrected chi connectivity index (χ0v) is 12.9. The fourth-order valence-electron chi connectivity index (χ4n) is 2.81. The molecule has 2 aromatic rings. The van der Waals surface area contributed by atoms with Crippen LogP contribution in [0.25, 0.3) is 0 Å². The van der Waals surface area contributed by atoms with Gasteiger partial charge in [0.2, 0.25) is 0 Å². The first-order valence-electron chi connectivity index (χ1n) is 7.31. The molecular weight excluding hydrogens is 292 g/mol. The van der Waals surface area contributed by atoms with Gasteiger partial charge in [-0.25, -0.2) is 0 Å². The summed E-state index contributed by atoms with van der Waals surface area (Å²) in [4.78, 5) is 25.5. The van der Waals surface area contributed by atoms with E-state index in [1.807, 2.05) is 26.0 Å². The predicted octanol–water partition coefficient (Wildman–Crippen LogP) is 3.38. The lowest BCUT2D eigenvalue weighted by Gasteiger charge is -2.21. The number of aromatic hydroxyl groups is 2. The molecule has 23 heavy (non-hydrogen) atoms. The van der Waals surface area contributed by atoms with Gasteiger partial charge in [-0.3, -0.25) is 9.59 Å². The van der Waals surface area contributed by atoms with E-state index in [0.717, 1.165) is 11.1 Å². The fraction of sp³-hybridized carbons (Fsp3) is 0.158. The maximum Gasteiger partial charge on any atom is 0.198 e. The highest BCUT2D eigenvalue weighted by molar-refractivity contribution is 6.30. The highest BCUT2D eigenvalue weighted by Crippen LogP contribution is 2.38. The number of hydrogen-bond donors (Lipinski definition) is 2. The lowest BCUT2D eigenvalue weighted by Crippen LogP contribution is -2.22. The van der Waals surface area contributed by atoms with Crippen molar-refractivity contribution in [2.75, 3.05) is 0 Å². The monoisotopic (exact) mass is 308 g/mol. The standard InChI is InChI=1S/C19H16O4/c1-10(2)6-7-11-4-3-5-12-15(11)17(21)13-8-9-14(20)19(23)16(13)18(12)22/h3-6,8-9,20,23H,7H2,1-2H3. The van der Waals surface area contributed by atoms with Gasteiger partial charge in [0.15, 0.2) is 23.1 Å². The summed E-state index contributed by atoms with van der Waals surface area (Å²) in [7, 11) is 0. The third kappa shape index (κ3) is 2.32. The van der Waals surface area contributed by atoms with Crippen LogP contribution in [0.2, 0.25) is 0 Å². The van der Waals surface area contributed by atoms with E-state index in [1.54, 1.807) is 12.1 Å². The highest BCUT2D eigenvalue weighted by Gasteiger charge is 2.34. The summed E-state index contributed by atoms with van der Waals surface area (Å²) in [6.45, 7) is 3.94. The minimum Gasteiger partial charge on any atom is -0.504 e. The lowest BCUT2D eigenvalue weighted by atomic mass is 9.80. The van der Waals surface area contributed by atoms with E-state index in [1.165, 1.54) is 12.1 Å². The molecule has 0 bridgehead atoms. The van der Waals surface area contributed by atoms with Gasteiger partial charge in [0.05, 0.1) is 5.56 Å². The van der Waals surface area contributed by atoms with Crippen molar-refractivity contribution in [3.63, 3.8) is 0 Å². The minimum atomic E-state index is -0.541. The van der Waals surface area contributed by atoms with E-state index in [-0.39, 0.29) is 22.5 Å². The Hall–Kier alpha value is -2.88. The van der Waals surface area contributed by atoms with Crippen LogP contribution in [-0.4, -0.2) is 21.8 Å². The number of rotatable bonds is 2. The van der Waals surface area contributed by atoms with Gasteiger partial charge in [-0.05, 0) is 38.0 Å². The van der Waals surface area contributed by atoms with Crippen LogP contribution >= 0.6 is 0 Å². The Morgan fingerprint density at radius 2 is 1.61 bits per heavy atom. The first kappa shape index (κ1) is 15.0. The molecule has 0 fully saturated rings. The van der Waals surface area contributed by atoms with Crippen molar-refractivity contribution in [3.05, 3.63) is 69.8 Å². The third-order valence-corrected chi connectivity index (χ3v) is 3.98. The molecule has 0 radical (unpaired) electrons. The lowest BCUT2D eigenvalue weighted by molar-refractivity contribution is 0.0975. The van der Waals surface area contributed by atoms with Gasteiger partial charge < -0.3 is 10.2 Å². The molecule has 0 spiro atoms. The molecule has 0 amide bonds. The zero-order valence-electron chi connectivity index (χ0n) is 12.9. The van der Waals surface area contributed by atoms with Crippen molar-refractivity contribution in [1.29, 1.82) is 0 Å². The number of phenols is 2. The van der Waals surface area contributed by atoms with Crippen LogP contribution in [0, 0.1) is 0 Å². The zero-order chi connectivity index (χ0) is 16.7. The van der Waals surface area contributed by atoms with Gasteiger partial charge in [0, 0.05) is 16.7 Å². The minimum absolute atomic E-state index is 0.123. The molecule has 1 aliphatic rings. The SMILES string of the molecule is CC(C)=CCc1cccc2c1C(=O)c1ccc(O)c(O)c1C2=O. The van der Waals surface area contributed by atoms with E-state index in [0.29, 0.717) is 12.0 Å². The molecule has 0 saturated heterocycles. The molecule has 3 rings (SSSR count). The van der Waals surface area contributed by atoms with E-state index in [4.69, 9.17) is 0 Å². The molecule has 116 valence electrons. The maximum atomic E-state index is 12.8. The molecular formula is C19H16O4. The fourth-order valence-corrected chi connectivity index (χ4v) is 2.81. The van der Waals surface area contributed by atoms with Gasteiger partial charge in [-0.2, -0.15) is 0 Å². The van der Waals surface area contributed by atoms with Crippen LogP contribution in [-0.2, 0) is 6.42 Å². The molecule has 0 heterocycles. The normalized spacial score (nSPS) is 12.6. The first-order valence-corrected chi connectivity index (χ1v) is 7.31. The average Bonchev–Trinajstić information content (AvgIpc) is 2.52. The molecule has 2 aromatic carbocycles. The number of allylic oxidation sites excluding steroid dienone is 2. The quantitative estimate of drug-likeness (QED) is 0.562. The van der Waals surface area contributed by atoms with Crippen molar-refractivity contribution in [2.45, 2.75) is 20.3 Å². The molecule has 0 atom stereocenters. The third-order valence-electron chi connectivity index (χ3n) is 3.98. The summed E-state index contributed by atoms with van der Waals surface area (Å²) in [6.07, 6.45) is 2.56. The van der Waals surface area contributed by atoms with E-state index < -0.39 is 17.3 Å². The Labute approximate surface area is 133 Å². The summed E-state index contributed by atoms with van der Waals surface area (Å²) >= 11 is 0. The average molecular weight is 308 g/mol. The topological polar surface area (TPSA) is 74.6 Å². The predicted molar refractivity (Wildman–Crippen MR) is 86.2 cm³/mol. The number of carbonyl (C=O) groups is 2. The smallest absolute Gasteiger partial charge is 0.198 e. The Morgan fingerprint density at radius 1 is 0.957 bits per heavy atom. The van der Waals surface area contributed by atoms with Crippen molar-refractivity contribution < 1.29 is 19.8 Å². The van der Waals surface area contributed by atoms with Crippen LogP contribution < -0.4 is 0 Å². The molecule has 0 unspecified atom stereocenters. The summed E-state index contributed by atoms with van der Waals surface area (Å²) in [5, 5.41) is 19.6. The van der Waals surface area contributed by atoms with Crippen molar-refractivity contribution in [1.82, 2.24) is 0 Å². The van der Waals surface area contributed by atoms with E-state index >= 15 is 0 Å². The van der Waals surface area contributed by atoms with Crippen LogP contribution in [0.1, 0.15) is 51.3 Å². The maximum absolute atomic E-state index is 12.8. The first-order chi connectivity index (χ1) is 10.9.